The first-order chi connectivity index (χ1) is 12.4. The molecular weight excluding hydrogens is 378 g/mol. The van der Waals surface area contributed by atoms with Gasteiger partial charge < -0.3 is 9.64 Å². The van der Waals surface area contributed by atoms with Crippen molar-refractivity contribution >= 4 is 39.3 Å². The van der Waals surface area contributed by atoms with Crippen LogP contribution in [0.1, 0.15) is 19.8 Å². The molecule has 0 spiro atoms. The fourth-order valence-corrected chi connectivity index (χ4v) is 4.30. The summed E-state index contributed by atoms with van der Waals surface area (Å²) in [6.07, 6.45) is 1.21. The number of hydrogen-bond donors (Lipinski definition) is 2. The number of carbonyl (C=O) groups is 1. The third-order valence-electron chi connectivity index (χ3n) is 3.79. The highest BCUT2D eigenvalue weighted by atomic mass is 32.2. The van der Waals surface area contributed by atoms with E-state index in [0.717, 1.165) is 12.2 Å². The van der Waals surface area contributed by atoms with Gasteiger partial charge in [0.05, 0.1) is 7.11 Å². The number of aromatic nitrogens is 3. The monoisotopic (exact) mass is 397 g/mol. The Labute approximate surface area is 155 Å². The number of nitrogens with one attached hydrogen (secondary N) is 2. The largest absolute Gasteiger partial charge is 0.495 e. The van der Waals surface area contributed by atoms with E-state index >= 15 is 0 Å². The zero-order chi connectivity index (χ0) is 18.7. The Morgan fingerprint density at radius 2 is 2.23 bits per heavy atom. The minimum atomic E-state index is -3.98. The Morgan fingerprint density at radius 3 is 2.88 bits per heavy atom. The summed E-state index contributed by atoms with van der Waals surface area (Å²) in [7, 11) is -2.59. The Bertz CT molecular complexity index is 913. The standard InChI is InChI=1S/C15H19N5O4S2/c1-3-25-15-16-14(17-18-15)19-26(22,23)12-9-10(6-7-11(12)24-2)20-8-4-5-13(20)21/h6-7,9H,3-5,8H2,1-2H3,(H2,16,17,18,19). The Hall–Kier alpha value is -2.27. The van der Waals surface area contributed by atoms with Gasteiger partial charge in [-0.3, -0.25) is 4.79 Å². The second-order valence-corrected chi connectivity index (χ2v) is 8.37. The van der Waals surface area contributed by atoms with Gasteiger partial charge in [-0.05, 0) is 30.4 Å². The molecule has 1 amide bonds. The molecule has 26 heavy (non-hydrogen) atoms. The minimum absolute atomic E-state index is 0.0191. The van der Waals surface area contributed by atoms with E-state index in [9.17, 15) is 13.2 Å². The van der Waals surface area contributed by atoms with Crippen LogP contribution in [0.15, 0.2) is 28.3 Å². The summed E-state index contributed by atoms with van der Waals surface area (Å²) < 4.78 is 33.2. The number of aromatic amines is 1. The van der Waals surface area contributed by atoms with Gasteiger partial charge in [0.15, 0.2) is 0 Å². The van der Waals surface area contributed by atoms with E-state index in [2.05, 4.69) is 19.9 Å². The average Bonchev–Trinajstić information content (AvgIpc) is 3.23. The molecule has 0 bridgehead atoms. The number of methoxy groups -OCH3 is 1. The highest BCUT2D eigenvalue weighted by molar-refractivity contribution is 7.99. The molecule has 0 aliphatic carbocycles. The van der Waals surface area contributed by atoms with Crippen molar-refractivity contribution < 1.29 is 17.9 Å². The molecule has 1 saturated heterocycles. The van der Waals surface area contributed by atoms with Gasteiger partial charge in [0.2, 0.25) is 17.0 Å². The maximum Gasteiger partial charge on any atom is 0.267 e. The maximum atomic E-state index is 12.8. The average molecular weight is 397 g/mol. The van der Waals surface area contributed by atoms with Crippen molar-refractivity contribution in [3.63, 3.8) is 0 Å². The van der Waals surface area contributed by atoms with E-state index < -0.39 is 10.0 Å². The minimum Gasteiger partial charge on any atom is -0.495 e. The van der Waals surface area contributed by atoms with Crippen LogP contribution in [0.3, 0.4) is 0 Å². The number of ether oxygens (including phenoxy) is 1. The second-order valence-electron chi connectivity index (χ2n) is 5.49. The highest BCUT2D eigenvalue weighted by Crippen LogP contribution is 2.31. The van der Waals surface area contributed by atoms with Gasteiger partial charge in [0.25, 0.3) is 10.0 Å². The summed E-state index contributed by atoms with van der Waals surface area (Å²) in [5, 5.41) is 6.94. The molecular formula is C15H19N5O4S2. The molecule has 11 heteroatoms. The van der Waals surface area contributed by atoms with E-state index in [1.807, 2.05) is 6.92 Å². The van der Waals surface area contributed by atoms with Crippen LogP contribution in [0.4, 0.5) is 11.6 Å². The van der Waals surface area contributed by atoms with E-state index in [1.165, 1.54) is 31.0 Å². The van der Waals surface area contributed by atoms with Crippen molar-refractivity contribution in [3.8, 4) is 5.75 Å². The number of benzene rings is 1. The molecule has 2 N–H and O–H groups in total. The molecule has 1 aliphatic rings. The van der Waals surface area contributed by atoms with Crippen LogP contribution in [-0.4, -0.2) is 48.9 Å². The van der Waals surface area contributed by atoms with Crippen molar-refractivity contribution in [2.45, 2.75) is 29.8 Å². The van der Waals surface area contributed by atoms with Crippen LogP contribution in [0.25, 0.3) is 0 Å². The van der Waals surface area contributed by atoms with Gasteiger partial charge in [-0.1, -0.05) is 18.7 Å². The third kappa shape index (κ3) is 3.78. The van der Waals surface area contributed by atoms with Crippen LogP contribution in [-0.2, 0) is 14.8 Å². The highest BCUT2D eigenvalue weighted by Gasteiger charge is 2.26. The predicted octanol–water partition coefficient (Wildman–Crippen LogP) is 1.85. The van der Waals surface area contributed by atoms with Crippen LogP contribution in [0, 0.1) is 0 Å². The zero-order valence-electron chi connectivity index (χ0n) is 14.4. The first-order valence-corrected chi connectivity index (χ1v) is 10.5. The number of anilines is 2. The quantitative estimate of drug-likeness (QED) is 0.685. The maximum absolute atomic E-state index is 12.8. The lowest BCUT2D eigenvalue weighted by Gasteiger charge is -2.18. The summed E-state index contributed by atoms with van der Waals surface area (Å²) in [6.45, 7) is 2.51. The molecule has 0 radical (unpaired) electrons. The van der Waals surface area contributed by atoms with Crippen molar-refractivity contribution in [2.24, 2.45) is 0 Å². The number of carbonyl (C=O) groups excluding carboxylic acids is 1. The lowest BCUT2D eigenvalue weighted by Crippen LogP contribution is -2.24. The number of rotatable bonds is 7. The molecule has 3 rings (SSSR count). The lowest BCUT2D eigenvalue weighted by molar-refractivity contribution is -0.117. The first-order valence-electron chi connectivity index (χ1n) is 8.01. The van der Waals surface area contributed by atoms with E-state index in [0.29, 0.717) is 23.8 Å². The summed E-state index contributed by atoms with van der Waals surface area (Å²) in [6, 6.07) is 4.64. The fraction of sp³-hybridized carbons (Fsp3) is 0.400. The number of amides is 1. The second kappa shape index (κ2) is 7.54. The number of thioether (sulfide) groups is 1. The number of nitrogens with zero attached hydrogens (tertiary/aromatic N) is 3. The molecule has 1 aliphatic heterocycles. The van der Waals surface area contributed by atoms with Crippen LogP contribution in [0.2, 0.25) is 0 Å². The molecule has 2 heterocycles. The van der Waals surface area contributed by atoms with Gasteiger partial charge in [0.1, 0.15) is 10.6 Å². The molecule has 1 aromatic carbocycles. The molecule has 0 unspecified atom stereocenters. The number of sulfonamides is 1. The smallest absolute Gasteiger partial charge is 0.267 e. The van der Waals surface area contributed by atoms with Gasteiger partial charge in [-0.25, -0.2) is 18.2 Å². The topological polar surface area (TPSA) is 117 Å². The molecule has 0 saturated carbocycles. The van der Waals surface area contributed by atoms with Crippen molar-refractivity contribution in [3.05, 3.63) is 18.2 Å². The fourth-order valence-electron chi connectivity index (χ4n) is 2.63. The van der Waals surface area contributed by atoms with Gasteiger partial charge >= 0.3 is 0 Å². The normalized spacial score (nSPS) is 14.7. The number of H-pyrrole nitrogens is 1. The van der Waals surface area contributed by atoms with Gasteiger partial charge in [-0.2, -0.15) is 4.98 Å². The van der Waals surface area contributed by atoms with Crippen molar-refractivity contribution in [2.75, 3.05) is 29.0 Å². The predicted molar refractivity (Wildman–Crippen MR) is 98.2 cm³/mol. The summed E-state index contributed by atoms with van der Waals surface area (Å²) in [5.74, 6) is 0.938. The lowest BCUT2D eigenvalue weighted by atomic mass is 10.3. The third-order valence-corrected chi connectivity index (χ3v) is 5.88. The van der Waals surface area contributed by atoms with E-state index in [-0.39, 0.29) is 22.5 Å². The van der Waals surface area contributed by atoms with Crippen LogP contribution >= 0.6 is 11.8 Å². The van der Waals surface area contributed by atoms with E-state index in [4.69, 9.17) is 4.74 Å². The summed E-state index contributed by atoms with van der Waals surface area (Å²) in [5.41, 5.74) is 0.522. The number of hydrogen-bond acceptors (Lipinski definition) is 7. The zero-order valence-corrected chi connectivity index (χ0v) is 16.0. The molecule has 1 fully saturated rings. The first kappa shape index (κ1) is 18.5. The molecule has 1 aromatic heterocycles. The molecule has 140 valence electrons. The Kier molecular flexibility index (Phi) is 5.37. The van der Waals surface area contributed by atoms with Crippen molar-refractivity contribution in [1.82, 2.24) is 15.2 Å². The van der Waals surface area contributed by atoms with Gasteiger partial charge in [-0.15, -0.1) is 5.10 Å². The molecule has 2 aromatic rings. The SMILES string of the molecule is CCSc1n[nH]c(NS(=O)(=O)c2cc(N3CCCC3=O)ccc2OC)n1. The summed E-state index contributed by atoms with van der Waals surface area (Å²) in [4.78, 5) is 17.5. The van der Waals surface area contributed by atoms with Crippen molar-refractivity contribution in [1.29, 1.82) is 0 Å². The van der Waals surface area contributed by atoms with Crippen LogP contribution in [0.5, 0.6) is 5.75 Å². The molecule has 9 nitrogen and oxygen atoms in total. The Morgan fingerprint density at radius 1 is 1.42 bits per heavy atom. The van der Waals surface area contributed by atoms with Gasteiger partial charge in [0, 0.05) is 18.7 Å². The van der Waals surface area contributed by atoms with Crippen LogP contribution < -0.4 is 14.4 Å². The Balaban J connectivity index is 1.92. The van der Waals surface area contributed by atoms with E-state index in [1.54, 1.807) is 11.0 Å². The molecule has 0 atom stereocenters. The summed E-state index contributed by atoms with van der Waals surface area (Å²) >= 11 is 1.39.